The van der Waals surface area contributed by atoms with Crippen molar-refractivity contribution >= 4 is 37.5 Å². The number of thiazole rings is 1. The molecule has 1 N–H and O–H groups in total. The van der Waals surface area contributed by atoms with E-state index in [-0.39, 0.29) is 16.8 Å². The molecule has 1 atom stereocenters. The van der Waals surface area contributed by atoms with Gasteiger partial charge in [0.1, 0.15) is 6.04 Å². The number of hydrogen-bond acceptors (Lipinski definition) is 6. The zero-order valence-corrected chi connectivity index (χ0v) is 18.7. The Morgan fingerprint density at radius 2 is 1.90 bits per heavy atom. The summed E-state index contributed by atoms with van der Waals surface area (Å²) in [5.41, 5.74) is 0.794. The number of sulfonamides is 1. The topological polar surface area (TPSA) is 82.6 Å². The molecule has 0 radical (unpaired) electrons. The number of nitrogens with one attached hydrogen (secondary N) is 1. The fourth-order valence-corrected chi connectivity index (χ4v) is 6.52. The Morgan fingerprint density at radius 1 is 1.17 bits per heavy atom. The maximum Gasteiger partial charge on any atom is 0.241 e. The van der Waals surface area contributed by atoms with Crippen LogP contribution in [0.25, 0.3) is 10.2 Å². The standard InChI is InChI=1S/C20H28N4O3S2/c1-13(2)23-9-6-15(7-10-23)24-11-8-18(20(24)25)22-29(26,27)16-4-5-17-19(12-16)28-14(3)21-17/h4-5,12-13,15,18,22H,6-11H2,1-3H3/t18-/m0/s1. The zero-order chi connectivity index (χ0) is 20.8. The molecule has 2 aliphatic heterocycles. The number of likely N-dealkylation sites (tertiary alicyclic amines) is 2. The van der Waals surface area contributed by atoms with E-state index in [1.54, 1.807) is 18.2 Å². The van der Waals surface area contributed by atoms with Crippen LogP contribution in [0.3, 0.4) is 0 Å². The van der Waals surface area contributed by atoms with Gasteiger partial charge in [-0.25, -0.2) is 13.4 Å². The highest BCUT2D eigenvalue weighted by Crippen LogP contribution is 2.27. The van der Waals surface area contributed by atoms with Crippen LogP contribution in [0.4, 0.5) is 0 Å². The largest absolute Gasteiger partial charge is 0.338 e. The summed E-state index contributed by atoms with van der Waals surface area (Å²) in [6, 6.07) is 4.97. The molecule has 0 unspecified atom stereocenters. The molecule has 29 heavy (non-hydrogen) atoms. The summed E-state index contributed by atoms with van der Waals surface area (Å²) in [7, 11) is -3.76. The van der Waals surface area contributed by atoms with Crippen LogP contribution in [0.15, 0.2) is 23.1 Å². The summed E-state index contributed by atoms with van der Waals surface area (Å²) in [6.45, 7) is 8.86. The molecule has 1 aromatic carbocycles. The molecule has 7 nitrogen and oxygen atoms in total. The fourth-order valence-electron chi connectivity index (χ4n) is 4.33. The average molecular weight is 437 g/mol. The van der Waals surface area contributed by atoms with Crippen molar-refractivity contribution in [3.63, 3.8) is 0 Å². The number of nitrogens with zero attached hydrogens (tertiary/aromatic N) is 3. The highest BCUT2D eigenvalue weighted by atomic mass is 32.2. The van der Waals surface area contributed by atoms with Crippen LogP contribution in [-0.2, 0) is 14.8 Å². The maximum atomic E-state index is 12.9. The van der Waals surface area contributed by atoms with Crippen molar-refractivity contribution in [1.82, 2.24) is 19.5 Å². The van der Waals surface area contributed by atoms with Gasteiger partial charge in [0.25, 0.3) is 0 Å². The van der Waals surface area contributed by atoms with Gasteiger partial charge in [-0.2, -0.15) is 4.72 Å². The van der Waals surface area contributed by atoms with E-state index >= 15 is 0 Å². The van der Waals surface area contributed by atoms with E-state index < -0.39 is 16.1 Å². The predicted octanol–water partition coefficient (Wildman–Crippen LogP) is 2.36. The van der Waals surface area contributed by atoms with Crippen molar-refractivity contribution in [1.29, 1.82) is 0 Å². The van der Waals surface area contributed by atoms with E-state index in [9.17, 15) is 13.2 Å². The minimum absolute atomic E-state index is 0.0914. The number of carbonyl (C=O) groups is 1. The van der Waals surface area contributed by atoms with Gasteiger partial charge in [-0.3, -0.25) is 4.79 Å². The van der Waals surface area contributed by atoms with Crippen LogP contribution in [0, 0.1) is 6.92 Å². The molecule has 0 aliphatic carbocycles. The van der Waals surface area contributed by atoms with Crippen molar-refractivity contribution in [3.8, 4) is 0 Å². The molecule has 2 saturated heterocycles. The summed E-state index contributed by atoms with van der Waals surface area (Å²) in [5, 5.41) is 0.896. The van der Waals surface area contributed by atoms with Gasteiger partial charge in [-0.05, 0) is 58.2 Å². The van der Waals surface area contributed by atoms with Crippen LogP contribution in [0.1, 0.15) is 38.1 Å². The molecule has 3 heterocycles. The molecular weight excluding hydrogens is 408 g/mol. The van der Waals surface area contributed by atoms with Crippen LogP contribution in [0.5, 0.6) is 0 Å². The van der Waals surface area contributed by atoms with E-state index in [1.165, 1.54) is 11.3 Å². The number of rotatable bonds is 5. The molecule has 0 spiro atoms. The lowest BCUT2D eigenvalue weighted by atomic mass is 10.0. The third kappa shape index (κ3) is 4.19. The summed E-state index contributed by atoms with van der Waals surface area (Å²) >= 11 is 1.46. The third-order valence-corrected chi connectivity index (χ3v) is 8.39. The third-order valence-electron chi connectivity index (χ3n) is 5.98. The molecule has 2 fully saturated rings. The van der Waals surface area contributed by atoms with Gasteiger partial charge in [0.05, 0.1) is 20.1 Å². The van der Waals surface area contributed by atoms with E-state index in [2.05, 4.69) is 28.5 Å². The SMILES string of the molecule is Cc1nc2ccc(S(=O)(=O)N[C@H]3CCN(C4CCN(C(C)C)CC4)C3=O)cc2s1. The number of fused-ring (bicyclic) bond motifs is 1. The first-order valence-corrected chi connectivity index (χ1v) is 12.5. The number of aryl methyl sites for hydroxylation is 1. The lowest BCUT2D eigenvalue weighted by Crippen LogP contribution is -2.49. The molecule has 158 valence electrons. The Balaban J connectivity index is 1.43. The molecule has 0 bridgehead atoms. The minimum Gasteiger partial charge on any atom is -0.338 e. The number of piperidine rings is 1. The molecule has 2 aromatic rings. The van der Waals surface area contributed by atoms with E-state index in [4.69, 9.17) is 0 Å². The van der Waals surface area contributed by atoms with Crippen molar-refractivity contribution in [2.24, 2.45) is 0 Å². The average Bonchev–Trinajstić information content (AvgIpc) is 3.22. The second-order valence-electron chi connectivity index (χ2n) is 8.22. The van der Waals surface area contributed by atoms with Gasteiger partial charge in [0, 0.05) is 31.7 Å². The molecule has 0 saturated carbocycles. The van der Waals surface area contributed by atoms with Crippen LogP contribution >= 0.6 is 11.3 Å². The van der Waals surface area contributed by atoms with Crippen LogP contribution < -0.4 is 4.72 Å². The fraction of sp³-hybridized carbons (Fsp3) is 0.600. The van der Waals surface area contributed by atoms with Crippen molar-refractivity contribution in [3.05, 3.63) is 23.2 Å². The molecule has 4 rings (SSSR count). The van der Waals surface area contributed by atoms with E-state index in [1.807, 2.05) is 11.8 Å². The number of carbonyl (C=O) groups excluding carboxylic acids is 1. The second-order valence-corrected chi connectivity index (χ2v) is 11.2. The Kier molecular flexibility index (Phi) is 5.67. The Morgan fingerprint density at radius 3 is 2.59 bits per heavy atom. The number of aromatic nitrogens is 1. The van der Waals surface area contributed by atoms with Gasteiger partial charge in [-0.15, -0.1) is 11.3 Å². The Labute approximate surface area is 176 Å². The highest BCUT2D eigenvalue weighted by molar-refractivity contribution is 7.89. The molecular formula is C20H28N4O3S2. The molecule has 9 heteroatoms. The highest BCUT2D eigenvalue weighted by Gasteiger charge is 2.39. The molecule has 1 amide bonds. The summed E-state index contributed by atoms with van der Waals surface area (Å²) in [6.07, 6.45) is 2.42. The number of hydrogen-bond donors (Lipinski definition) is 1. The summed E-state index contributed by atoms with van der Waals surface area (Å²) in [4.78, 5) is 21.8. The monoisotopic (exact) mass is 436 g/mol. The predicted molar refractivity (Wildman–Crippen MR) is 115 cm³/mol. The Hall–Kier alpha value is -1.55. The molecule has 1 aromatic heterocycles. The van der Waals surface area contributed by atoms with Crippen molar-refractivity contribution in [2.75, 3.05) is 19.6 Å². The zero-order valence-electron chi connectivity index (χ0n) is 17.1. The lowest BCUT2D eigenvalue weighted by molar-refractivity contribution is -0.131. The Bertz CT molecular complexity index is 1010. The summed E-state index contributed by atoms with van der Waals surface area (Å²) in [5.74, 6) is -0.0914. The minimum atomic E-state index is -3.76. The van der Waals surface area contributed by atoms with Crippen molar-refractivity contribution < 1.29 is 13.2 Å². The number of amides is 1. The smallest absolute Gasteiger partial charge is 0.241 e. The maximum absolute atomic E-state index is 12.9. The first kappa shape index (κ1) is 20.7. The van der Waals surface area contributed by atoms with Crippen LogP contribution in [0.2, 0.25) is 0 Å². The van der Waals surface area contributed by atoms with Gasteiger partial charge in [0.15, 0.2) is 0 Å². The van der Waals surface area contributed by atoms with E-state index in [0.29, 0.717) is 19.0 Å². The van der Waals surface area contributed by atoms with Crippen LogP contribution in [-0.4, -0.2) is 66.9 Å². The van der Waals surface area contributed by atoms with Gasteiger partial charge in [-0.1, -0.05) is 0 Å². The quantitative estimate of drug-likeness (QED) is 0.778. The van der Waals surface area contributed by atoms with Gasteiger partial charge < -0.3 is 9.80 Å². The number of benzene rings is 1. The first-order valence-electron chi connectivity index (χ1n) is 10.2. The summed E-state index contributed by atoms with van der Waals surface area (Å²) < 4.78 is 29.2. The van der Waals surface area contributed by atoms with Gasteiger partial charge in [0.2, 0.25) is 15.9 Å². The van der Waals surface area contributed by atoms with Gasteiger partial charge >= 0.3 is 0 Å². The molecule has 2 aliphatic rings. The second kappa shape index (κ2) is 7.94. The van der Waals surface area contributed by atoms with Crippen molar-refractivity contribution in [2.45, 2.75) is 63.1 Å². The first-order chi connectivity index (χ1) is 13.7. The lowest BCUT2D eigenvalue weighted by Gasteiger charge is -2.38. The normalized spacial score (nSPS) is 22.3. The van der Waals surface area contributed by atoms with E-state index in [0.717, 1.165) is 41.2 Å².